The fourth-order valence-corrected chi connectivity index (χ4v) is 5.14. The van der Waals surface area contributed by atoms with E-state index in [0.717, 1.165) is 22.3 Å². The molecule has 0 saturated heterocycles. The van der Waals surface area contributed by atoms with Gasteiger partial charge in [-0.1, -0.05) is 75.4 Å². The van der Waals surface area contributed by atoms with Gasteiger partial charge in [0.1, 0.15) is 12.6 Å². The summed E-state index contributed by atoms with van der Waals surface area (Å²) in [5.74, 6) is -1.87. The van der Waals surface area contributed by atoms with Crippen LogP contribution in [0.1, 0.15) is 48.7 Å². The maximum atomic E-state index is 13.1. The molecule has 1 aliphatic rings. The Kier molecular flexibility index (Phi) is 6.93. The molecule has 2 aromatic carbocycles. The average molecular weight is 493 g/mol. The van der Waals surface area contributed by atoms with E-state index in [0.29, 0.717) is 4.88 Å². The van der Waals surface area contributed by atoms with E-state index in [9.17, 15) is 19.5 Å². The van der Waals surface area contributed by atoms with Gasteiger partial charge < -0.3 is 20.5 Å². The summed E-state index contributed by atoms with van der Waals surface area (Å²) in [6.07, 6.45) is -0.732. The summed E-state index contributed by atoms with van der Waals surface area (Å²) in [6.45, 7) is 5.50. The number of nitrogens with one attached hydrogen (secondary N) is 2. The number of rotatable bonds is 7. The van der Waals surface area contributed by atoms with E-state index in [4.69, 9.17) is 4.74 Å². The van der Waals surface area contributed by atoms with Crippen LogP contribution in [0.4, 0.5) is 4.79 Å². The zero-order valence-corrected chi connectivity index (χ0v) is 20.6. The Morgan fingerprint density at radius 2 is 1.54 bits per heavy atom. The third-order valence-corrected chi connectivity index (χ3v) is 7.03. The predicted molar refractivity (Wildman–Crippen MR) is 134 cm³/mol. The first-order chi connectivity index (χ1) is 16.7. The molecule has 1 unspecified atom stereocenters. The summed E-state index contributed by atoms with van der Waals surface area (Å²) in [5, 5.41) is 16.6. The molecule has 0 spiro atoms. The normalized spacial score (nSPS) is 14.4. The van der Waals surface area contributed by atoms with Crippen molar-refractivity contribution < 1.29 is 24.2 Å². The molecule has 0 aliphatic heterocycles. The van der Waals surface area contributed by atoms with E-state index in [1.54, 1.807) is 38.3 Å². The first-order valence-electron chi connectivity index (χ1n) is 11.3. The Labute approximate surface area is 208 Å². The highest BCUT2D eigenvalue weighted by Crippen LogP contribution is 2.44. The summed E-state index contributed by atoms with van der Waals surface area (Å²) in [4.78, 5) is 38.1. The van der Waals surface area contributed by atoms with Gasteiger partial charge in [0.2, 0.25) is 5.91 Å². The first-order valence-corrected chi connectivity index (χ1v) is 12.2. The van der Waals surface area contributed by atoms with Gasteiger partial charge in [0, 0.05) is 10.8 Å². The number of hydrogen-bond donors (Lipinski definition) is 3. The molecule has 8 heteroatoms. The van der Waals surface area contributed by atoms with Crippen molar-refractivity contribution in [3.63, 3.8) is 0 Å². The third kappa shape index (κ3) is 5.22. The number of ether oxygens (including phenoxy) is 1. The lowest BCUT2D eigenvalue weighted by Crippen LogP contribution is -2.55. The molecule has 2 amide bonds. The van der Waals surface area contributed by atoms with Gasteiger partial charge in [-0.3, -0.25) is 4.79 Å². The van der Waals surface area contributed by atoms with Gasteiger partial charge >= 0.3 is 12.1 Å². The molecule has 35 heavy (non-hydrogen) atoms. The minimum absolute atomic E-state index is 0.106. The number of fused-ring (bicyclic) bond motifs is 3. The second-order valence-electron chi connectivity index (χ2n) is 9.56. The van der Waals surface area contributed by atoms with Crippen LogP contribution in [0.5, 0.6) is 0 Å². The quantitative estimate of drug-likeness (QED) is 0.433. The van der Waals surface area contributed by atoms with Crippen LogP contribution in [0.3, 0.4) is 0 Å². The van der Waals surface area contributed by atoms with Crippen LogP contribution in [0.15, 0.2) is 66.0 Å². The van der Waals surface area contributed by atoms with Crippen molar-refractivity contribution in [2.24, 2.45) is 5.41 Å². The molecule has 0 bridgehead atoms. The number of carboxylic acids is 1. The summed E-state index contributed by atoms with van der Waals surface area (Å²) < 4.78 is 5.60. The number of carbonyl (C=O) groups is 3. The van der Waals surface area contributed by atoms with Crippen LogP contribution in [0, 0.1) is 5.41 Å². The van der Waals surface area contributed by atoms with Crippen molar-refractivity contribution in [2.75, 3.05) is 6.61 Å². The molecular weight excluding hydrogens is 464 g/mol. The fraction of sp³-hybridized carbons (Fsp3) is 0.296. The third-order valence-electron chi connectivity index (χ3n) is 6.10. The zero-order chi connectivity index (χ0) is 25.2. The summed E-state index contributed by atoms with van der Waals surface area (Å²) >= 11 is 1.24. The largest absolute Gasteiger partial charge is 0.479 e. The van der Waals surface area contributed by atoms with Gasteiger partial charge in [-0.15, -0.1) is 11.3 Å². The van der Waals surface area contributed by atoms with Crippen molar-refractivity contribution in [2.45, 2.75) is 38.8 Å². The maximum absolute atomic E-state index is 13.1. The average Bonchev–Trinajstić information content (AvgIpc) is 3.45. The Morgan fingerprint density at radius 3 is 2.06 bits per heavy atom. The molecule has 1 heterocycles. The van der Waals surface area contributed by atoms with E-state index in [1.807, 2.05) is 36.4 Å². The SMILES string of the molecule is CC(C)(C)[C@@H](NC(=O)OCC1c2ccccc2-c2ccccc21)C(=O)NC(C(=O)O)c1cccs1. The van der Waals surface area contributed by atoms with Gasteiger partial charge in [-0.05, 0) is 39.1 Å². The van der Waals surface area contributed by atoms with Crippen molar-refractivity contribution in [3.05, 3.63) is 82.0 Å². The van der Waals surface area contributed by atoms with Crippen molar-refractivity contribution in [1.29, 1.82) is 0 Å². The summed E-state index contributed by atoms with van der Waals surface area (Å²) in [6, 6.07) is 17.2. The van der Waals surface area contributed by atoms with Gasteiger partial charge in [-0.25, -0.2) is 9.59 Å². The summed E-state index contributed by atoms with van der Waals surface area (Å²) in [7, 11) is 0. The number of amides is 2. The van der Waals surface area contributed by atoms with Crippen molar-refractivity contribution in [3.8, 4) is 11.1 Å². The highest BCUT2D eigenvalue weighted by atomic mass is 32.1. The maximum Gasteiger partial charge on any atom is 0.407 e. The van der Waals surface area contributed by atoms with Crippen molar-refractivity contribution in [1.82, 2.24) is 10.6 Å². The van der Waals surface area contributed by atoms with E-state index >= 15 is 0 Å². The van der Waals surface area contributed by atoms with E-state index in [1.165, 1.54) is 11.3 Å². The molecule has 4 rings (SSSR count). The monoisotopic (exact) mass is 492 g/mol. The first kappa shape index (κ1) is 24.5. The molecule has 3 aromatic rings. The number of carboxylic acid groups (broad SMARTS) is 1. The molecule has 0 radical (unpaired) electrons. The molecule has 2 atom stereocenters. The molecule has 1 aromatic heterocycles. The van der Waals surface area contributed by atoms with Crippen LogP contribution in [0.2, 0.25) is 0 Å². The Hall–Kier alpha value is -3.65. The van der Waals surface area contributed by atoms with Gasteiger partial charge in [0.05, 0.1) is 0 Å². The minimum atomic E-state index is -1.20. The lowest BCUT2D eigenvalue weighted by Gasteiger charge is -2.31. The molecule has 0 fully saturated rings. The fourth-order valence-electron chi connectivity index (χ4n) is 4.37. The Morgan fingerprint density at radius 1 is 0.943 bits per heavy atom. The number of thiophene rings is 1. The van der Waals surface area contributed by atoms with Crippen LogP contribution in [0.25, 0.3) is 11.1 Å². The van der Waals surface area contributed by atoms with E-state index in [2.05, 4.69) is 22.8 Å². The number of benzene rings is 2. The molecular formula is C27H28N2O5S. The topological polar surface area (TPSA) is 105 Å². The molecule has 182 valence electrons. The zero-order valence-electron chi connectivity index (χ0n) is 19.8. The lowest BCUT2D eigenvalue weighted by molar-refractivity contribution is -0.142. The molecule has 1 aliphatic carbocycles. The standard InChI is InChI=1S/C27H28N2O5S/c1-27(2,3)23(24(30)28-22(25(31)32)21-13-8-14-35-21)29-26(33)34-15-20-18-11-6-4-9-16(18)17-10-5-7-12-19(17)20/h4-14,20,22-23H,15H2,1-3H3,(H,28,30)(H,29,33)(H,31,32)/t22?,23-/m0/s1. The van der Waals surface area contributed by atoms with Crippen molar-refractivity contribution >= 4 is 29.3 Å². The number of aliphatic carboxylic acids is 1. The molecule has 0 saturated carbocycles. The van der Waals surface area contributed by atoms with Gasteiger partial charge in [0.15, 0.2) is 6.04 Å². The van der Waals surface area contributed by atoms with Crippen LogP contribution in [-0.2, 0) is 14.3 Å². The van der Waals surface area contributed by atoms with Crippen LogP contribution >= 0.6 is 11.3 Å². The lowest BCUT2D eigenvalue weighted by atomic mass is 9.86. The predicted octanol–water partition coefficient (Wildman–Crippen LogP) is 4.94. The molecule has 7 nitrogen and oxygen atoms in total. The van der Waals surface area contributed by atoms with E-state index in [-0.39, 0.29) is 12.5 Å². The van der Waals surface area contributed by atoms with E-state index < -0.39 is 35.5 Å². The van der Waals surface area contributed by atoms with Crippen LogP contribution in [-0.4, -0.2) is 35.7 Å². The number of hydrogen-bond acceptors (Lipinski definition) is 5. The van der Waals surface area contributed by atoms with Crippen LogP contribution < -0.4 is 10.6 Å². The highest BCUT2D eigenvalue weighted by Gasteiger charge is 2.36. The molecule has 3 N–H and O–H groups in total. The van der Waals surface area contributed by atoms with Gasteiger partial charge in [-0.2, -0.15) is 0 Å². The minimum Gasteiger partial charge on any atom is -0.479 e. The smallest absolute Gasteiger partial charge is 0.407 e. The van der Waals surface area contributed by atoms with Gasteiger partial charge in [0.25, 0.3) is 0 Å². The number of carbonyl (C=O) groups excluding carboxylic acids is 2. The Bertz CT molecular complexity index is 1190. The second-order valence-corrected chi connectivity index (χ2v) is 10.5. The summed E-state index contributed by atoms with van der Waals surface area (Å²) in [5.41, 5.74) is 3.74. The Balaban J connectivity index is 1.45. The second kappa shape index (κ2) is 9.92. The number of alkyl carbamates (subject to hydrolysis) is 1. The highest BCUT2D eigenvalue weighted by molar-refractivity contribution is 7.10.